The Morgan fingerprint density at radius 1 is 1.44 bits per heavy atom. The molecule has 1 aliphatic rings. The summed E-state index contributed by atoms with van der Waals surface area (Å²) in [5.74, 6) is 0. The monoisotopic (exact) mass is 250 g/mol. The molecule has 2 rings (SSSR count). The number of hydrogen-bond donors (Lipinski definition) is 1. The van der Waals surface area contributed by atoms with Gasteiger partial charge >= 0.3 is 0 Å². The van der Waals surface area contributed by atoms with Crippen molar-refractivity contribution in [2.75, 3.05) is 6.54 Å². The molecule has 2 N–H and O–H groups in total. The van der Waals surface area contributed by atoms with Crippen molar-refractivity contribution in [2.45, 2.75) is 64.7 Å². The van der Waals surface area contributed by atoms with Gasteiger partial charge in [-0.2, -0.15) is 0 Å². The van der Waals surface area contributed by atoms with E-state index < -0.39 is 0 Å². The lowest BCUT2D eigenvalue weighted by Gasteiger charge is -2.40. The van der Waals surface area contributed by atoms with Crippen LogP contribution in [0.1, 0.15) is 45.2 Å². The van der Waals surface area contributed by atoms with E-state index in [1.54, 1.807) is 0 Å². The van der Waals surface area contributed by atoms with Crippen LogP contribution in [0.2, 0.25) is 0 Å². The van der Waals surface area contributed by atoms with Gasteiger partial charge in [0.1, 0.15) is 0 Å². The Morgan fingerprint density at radius 3 is 3.00 bits per heavy atom. The number of aromatic nitrogens is 2. The zero-order chi connectivity index (χ0) is 13.0. The van der Waals surface area contributed by atoms with Crippen LogP contribution in [-0.2, 0) is 13.1 Å². The minimum absolute atomic E-state index is 0.540. The average Bonchev–Trinajstić information content (AvgIpc) is 2.80. The molecule has 2 atom stereocenters. The van der Waals surface area contributed by atoms with E-state index in [-0.39, 0.29) is 0 Å². The fraction of sp³-hybridized carbons (Fsp3) is 0.786. The first-order valence-electron chi connectivity index (χ1n) is 7.21. The Labute approximate surface area is 110 Å². The van der Waals surface area contributed by atoms with Gasteiger partial charge in [0.2, 0.25) is 0 Å². The van der Waals surface area contributed by atoms with Crippen molar-refractivity contribution in [3.63, 3.8) is 0 Å². The van der Waals surface area contributed by atoms with Gasteiger partial charge in [0.15, 0.2) is 0 Å². The van der Waals surface area contributed by atoms with Crippen molar-refractivity contribution < 1.29 is 0 Å². The highest BCUT2D eigenvalue weighted by atomic mass is 15.2. The van der Waals surface area contributed by atoms with Crippen LogP contribution in [0.15, 0.2) is 12.5 Å². The summed E-state index contributed by atoms with van der Waals surface area (Å²) in [6.45, 7) is 7.35. The van der Waals surface area contributed by atoms with Crippen molar-refractivity contribution in [3.8, 4) is 0 Å². The molecule has 18 heavy (non-hydrogen) atoms. The lowest BCUT2D eigenvalue weighted by atomic mass is 9.96. The van der Waals surface area contributed by atoms with Gasteiger partial charge in [0.25, 0.3) is 0 Å². The molecule has 2 unspecified atom stereocenters. The van der Waals surface area contributed by atoms with Gasteiger partial charge in [-0.1, -0.05) is 13.3 Å². The lowest BCUT2D eigenvalue weighted by Crippen LogP contribution is -2.48. The third kappa shape index (κ3) is 2.93. The Balaban J connectivity index is 2.07. The number of nitrogens with zero attached hydrogens (tertiary/aromatic N) is 3. The van der Waals surface area contributed by atoms with E-state index in [1.807, 2.05) is 12.5 Å². The highest BCUT2D eigenvalue weighted by Crippen LogP contribution is 2.24. The zero-order valence-corrected chi connectivity index (χ0v) is 11.7. The number of rotatable bonds is 5. The molecule has 0 saturated carbocycles. The third-order valence-corrected chi connectivity index (χ3v) is 4.07. The molecule has 4 nitrogen and oxygen atoms in total. The molecular formula is C14H26N4. The van der Waals surface area contributed by atoms with E-state index in [1.165, 1.54) is 25.0 Å². The molecule has 1 aromatic heterocycles. The second-order valence-electron chi connectivity index (χ2n) is 5.42. The molecule has 2 heterocycles. The summed E-state index contributed by atoms with van der Waals surface area (Å²) in [6.07, 6.45) is 8.95. The van der Waals surface area contributed by atoms with Gasteiger partial charge in [-0.25, -0.2) is 4.98 Å². The average molecular weight is 250 g/mol. The minimum Gasteiger partial charge on any atom is -0.333 e. The third-order valence-electron chi connectivity index (χ3n) is 4.07. The van der Waals surface area contributed by atoms with Crippen LogP contribution in [-0.4, -0.2) is 33.1 Å². The van der Waals surface area contributed by atoms with E-state index in [0.717, 1.165) is 26.1 Å². The first kappa shape index (κ1) is 13.6. The minimum atomic E-state index is 0.540. The van der Waals surface area contributed by atoms with Crippen molar-refractivity contribution in [1.29, 1.82) is 0 Å². The summed E-state index contributed by atoms with van der Waals surface area (Å²) in [5, 5.41) is 0. The van der Waals surface area contributed by atoms with Gasteiger partial charge in [-0.3, -0.25) is 4.90 Å². The van der Waals surface area contributed by atoms with Crippen LogP contribution in [0, 0.1) is 0 Å². The van der Waals surface area contributed by atoms with Crippen LogP contribution in [0.5, 0.6) is 0 Å². The molecule has 1 saturated heterocycles. The molecule has 1 aromatic rings. The first-order valence-corrected chi connectivity index (χ1v) is 7.21. The lowest BCUT2D eigenvalue weighted by molar-refractivity contribution is 0.0865. The van der Waals surface area contributed by atoms with Crippen molar-refractivity contribution >= 4 is 0 Å². The van der Waals surface area contributed by atoms with Crippen molar-refractivity contribution in [3.05, 3.63) is 18.2 Å². The normalized spacial score (nSPS) is 25.5. The molecule has 4 heteroatoms. The van der Waals surface area contributed by atoms with E-state index >= 15 is 0 Å². The highest BCUT2D eigenvalue weighted by molar-refractivity contribution is 5.00. The number of imidazole rings is 1. The van der Waals surface area contributed by atoms with E-state index in [9.17, 15) is 0 Å². The molecule has 0 aliphatic carbocycles. The molecule has 0 spiro atoms. The van der Waals surface area contributed by atoms with Gasteiger partial charge in [-0.05, 0) is 26.2 Å². The summed E-state index contributed by atoms with van der Waals surface area (Å²) < 4.78 is 2.27. The van der Waals surface area contributed by atoms with Crippen LogP contribution in [0.25, 0.3) is 0 Å². The molecule has 1 aliphatic heterocycles. The SMILES string of the molecule is CCCn1cncc1CN1C(C)CCCC1CN. The van der Waals surface area contributed by atoms with E-state index in [0.29, 0.717) is 12.1 Å². The highest BCUT2D eigenvalue weighted by Gasteiger charge is 2.27. The van der Waals surface area contributed by atoms with E-state index in [4.69, 9.17) is 5.73 Å². The molecule has 0 radical (unpaired) electrons. The molecule has 102 valence electrons. The Morgan fingerprint density at radius 2 is 2.28 bits per heavy atom. The Kier molecular flexibility index (Phi) is 4.78. The maximum atomic E-state index is 5.92. The fourth-order valence-electron chi connectivity index (χ4n) is 2.99. The summed E-state index contributed by atoms with van der Waals surface area (Å²) in [4.78, 5) is 6.85. The predicted octanol–water partition coefficient (Wildman–Crippen LogP) is 1.99. The maximum Gasteiger partial charge on any atom is 0.0948 e. The molecular weight excluding hydrogens is 224 g/mol. The number of likely N-dealkylation sites (tertiary alicyclic amines) is 1. The maximum absolute atomic E-state index is 5.92. The van der Waals surface area contributed by atoms with Crippen molar-refractivity contribution in [1.82, 2.24) is 14.5 Å². The van der Waals surface area contributed by atoms with Gasteiger partial charge in [0, 0.05) is 37.9 Å². The predicted molar refractivity (Wildman–Crippen MR) is 74.2 cm³/mol. The van der Waals surface area contributed by atoms with Crippen LogP contribution >= 0.6 is 0 Å². The van der Waals surface area contributed by atoms with E-state index in [2.05, 4.69) is 28.3 Å². The van der Waals surface area contributed by atoms with Crippen LogP contribution < -0.4 is 5.73 Å². The van der Waals surface area contributed by atoms with Gasteiger partial charge in [0.05, 0.1) is 12.0 Å². The quantitative estimate of drug-likeness (QED) is 0.869. The first-order chi connectivity index (χ1) is 8.76. The van der Waals surface area contributed by atoms with Gasteiger partial charge in [-0.15, -0.1) is 0 Å². The summed E-state index contributed by atoms with van der Waals surface area (Å²) in [5.41, 5.74) is 7.24. The molecule has 0 amide bonds. The second-order valence-corrected chi connectivity index (χ2v) is 5.42. The topological polar surface area (TPSA) is 47.1 Å². The Bertz CT molecular complexity index is 360. The standard InChI is InChI=1S/C14H26N4/c1-3-7-17-11-16-9-14(17)10-18-12(2)5-4-6-13(18)8-15/h9,11-13H,3-8,10,15H2,1-2H3. The summed E-state index contributed by atoms with van der Waals surface area (Å²) in [7, 11) is 0. The largest absolute Gasteiger partial charge is 0.333 e. The van der Waals surface area contributed by atoms with Gasteiger partial charge < -0.3 is 10.3 Å². The second kappa shape index (κ2) is 6.34. The number of hydrogen-bond acceptors (Lipinski definition) is 3. The number of piperidine rings is 1. The molecule has 1 fully saturated rings. The molecule has 0 aromatic carbocycles. The molecule has 0 bridgehead atoms. The van der Waals surface area contributed by atoms with Crippen LogP contribution in [0.3, 0.4) is 0 Å². The Hall–Kier alpha value is -0.870. The number of aryl methyl sites for hydroxylation is 1. The summed E-state index contributed by atoms with van der Waals surface area (Å²) >= 11 is 0. The summed E-state index contributed by atoms with van der Waals surface area (Å²) in [6, 6.07) is 1.18. The van der Waals surface area contributed by atoms with Crippen LogP contribution in [0.4, 0.5) is 0 Å². The number of nitrogens with two attached hydrogens (primary N) is 1. The zero-order valence-electron chi connectivity index (χ0n) is 11.7. The van der Waals surface area contributed by atoms with Crippen molar-refractivity contribution in [2.24, 2.45) is 5.73 Å². The smallest absolute Gasteiger partial charge is 0.0948 e. The fourth-order valence-corrected chi connectivity index (χ4v) is 2.99.